The second kappa shape index (κ2) is 14.8. The van der Waals surface area contributed by atoms with Gasteiger partial charge in [0.25, 0.3) is 5.91 Å². The SMILES string of the molecule is CCCn1cc(C(=O)NCCCOP(=O)(O)O)c(=O)c2ccc(-c3cnc(NC(=O)NCC)cc3C3=NC(C(F)(F)F)CS3)cc21. The fourth-order valence-electron chi connectivity index (χ4n) is 4.64. The molecule has 46 heavy (non-hydrogen) atoms. The number of benzene rings is 1. The second-order valence-corrected chi connectivity index (χ2v) is 12.4. The van der Waals surface area contributed by atoms with Gasteiger partial charge < -0.3 is 25.0 Å². The van der Waals surface area contributed by atoms with Gasteiger partial charge >= 0.3 is 20.0 Å². The van der Waals surface area contributed by atoms with Gasteiger partial charge in [0.2, 0.25) is 5.43 Å². The summed E-state index contributed by atoms with van der Waals surface area (Å²) in [6.07, 6.45) is -0.949. The number of aryl methyl sites for hydroxylation is 1. The van der Waals surface area contributed by atoms with Gasteiger partial charge in [-0.25, -0.2) is 14.3 Å². The summed E-state index contributed by atoms with van der Waals surface area (Å²) in [6.45, 7) is 4.11. The number of halogens is 3. The quantitative estimate of drug-likeness (QED) is 0.137. The first-order chi connectivity index (χ1) is 21.7. The van der Waals surface area contributed by atoms with Crippen LogP contribution < -0.4 is 21.4 Å². The molecule has 3 amide bonds. The number of hydrogen-bond acceptors (Lipinski definition) is 8. The summed E-state index contributed by atoms with van der Waals surface area (Å²) in [4.78, 5) is 64.2. The fourth-order valence-corrected chi connectivity index (χ4v) is 6.11. The Morgan fingerprint density at radius 2 is 1.93 bits per heavy atom. The summed E-state index contributed by atoms with van der Waals surface area (Å²) in [6, 6.07) is 3.84. The van der Waals surface area contributed by atoms with Crippen LogP contribution in [-0.4, -0.2) is 74.0 Å². The number of aromatic nitrogens is 2. The Bertz CT molecular complexity index is 1760. The van der Waals surface area contributed by atoms with E-state index in [0.717, 1.165) is 11.8 Å². The number of amides is 3. The lowest BCUT2D eigenvalue weighted by Gasteiger charge is -2.16. The lowest BCUT2D eigenvalue weighted by atomic mass is 9.99. The first-order valence-electron chi connectivity index (χ1n) is 14.2. The van der Waals surface area contributed by atoms with E-state index >= 15 is 0 Å². The number of pyridine rings is 2. The van der Waals surface area contributed by atoms with Crippen molar-refractivity contribution in [3.8, 4) is 11.1 Å². The van der Waals surface area contributed by atoms with Crippen molar-refractivity contribution >= 4 is 53.3 Å². The van der Waals surface area contributed by atoms with Crippen LogP contribution in [0.25, 0.3) is 22.0 Å². The van der Waals surface area contributed by atoms with Crippen molar-refractivity contribution in [2.45, 2.75) is 45.5 Å². The minimum Gasteiger partial charge on any atom is -0.352 e. The average molecular weight is 685 g/mol. The maximum atomic E-state index is 13.5. The first kappa shape index (κ1) is 35.1. The highest BCUT2D eigenvalue weighted by molar-refractivity contribution is 8.14. The van der Waals surface area contributed by atoms with Crippen molar-refractivity contribution in [1.82, 2.24) is 20.2 Å². The number of rotatable bonds is 12. The molecule has 3 aromatic rings. The monoisotopic (exact) mass is 684 g/mol. The van der Waals surface area contributed by atoms with Crippen molar-refractivity contribution in [1.29, 1.82) is 0 Å². The Morgan fingerprint density at radius 1 is 1.17 bits per heavy atom. The molecule has 0 fully saturated rings. The molecule has 5 N–H and O–H groups in total. The Labute approximate surface area is 265 Å². The van der Waals surface area contributed by atoms with Crippen molar-refractivity contribution in [3.63, 3.8) is 0 Å². The van der Waals surface area contributed by atoms with Crippen LogP contribution in [0.15, 0.2) is 46.4 Å². The summed E-state index contributed by atoms with van der Waals surface area (Å²) in [5.41, 5.74) is 1.04. The number of phosphoric acid groups is 1. The number of phosphoric ester groups is 1. The topological polar surface area (TPSA) is 184 Å². The molecule has 18 heteroatoms. The number of aliphatic imine (C=N–C) groups is 1. The van der Waals surface area contributed by atoms with Gasteiger partial charge in [0.05, 0.1) is 17.2 Å². The van der Waals surface area contributed by atoms with Crippen LogP contribution in [0.1, 0.15) is 42.6 Å². The van der Waals surface area contributed by atoms with Crippen molar-refractivity contribution in [3.05, 3.63) is 58.0 Å². The molecule has 4 rings (SSSR count). The molecule has 13 nitrogen and oxygen atoms in total. The average Bonchev–Trinajstić information content (AvgIpc) is 3.49. The number of nitrogens with zero attached hydrogens (tertiary/aromatic N) is 3. The second-order valence-electron chi connectivity index (χ2n) is 10.1. The molecule has 0 spiro atoms. The third kappa shape index (κ3) is 8.73. The number of urea groups is 1. The van der Waals surface area contributed by atoms with Gasteiger partial charge in [-0.05, 0) is 43.5 Å². The minimum absolute atomic E-state index is 0.000847. The fraction of sp³-hybridized carbons (Fsp3) is 0.393. The van der Waals surface area contributed by atoms with Gasteiger partial charge in [-0.3, -0.25) is 24.4 Å². The molecule has 2 aromatic heterocycles. The lowest BCUT2D eigenvalue weighted by Crippen LogP contribution is -2.31. The normalized spacial score (nSPS) is 15.1. The summed E-state index contributed by atoms with van der Waals surface area (Å²) < 4.78 is 57.3. The molecule has 1 aliphatic heterocycles. The zero-order valence-corrected chi connectivity index (χ0v) is 26.5. The van der Waals surface area contributed by atoms with Crippen molar-refractivity contribution < 1.29 is 41.6 Å². The summed E-state index contributed by atoms with van der Waals surface area (Å²) in [5.74, 6) is -0.861. The van der Waals surface area contributed by atoms with Gasteiger partial charge in [-0.15, -0.1) is 11.8 Å². The number of hydrogen-bond donors (Lipinski definition) is 5. The van der Waals surface area contributed by atoms with E-state index in [-0.39, 0.29) is 47.1 Å². The van der Waals surface area contributed by atoms with Gasteiger partial charge in [-0.1, -0.05) is 13.0 Å². The molecular weight excluding hydrogens is 652 g/mol. The highest BCUT2D eigenvalue weighted by Gasteiger charge is 2.43. The van der Waals surface area contributed by atoms with Crippen LogP contribution in [0.4, 0.5) is 23.8 Å². The molecule has 1 unspecified atom stereocenters. The van der Waals surface area contributed by atoms with E-state index in [4.69, 9.17) is 9.79 Å². The smallest absolute Gasteiger partial charge is 0.352 e. The standard InChI is InChI=1S/C28H32F3N6O7PS/c1-3-9-37-14-20(25(39)33-8-5-10-44-45(41,42)43)24(38)17-7-6-16(11-21(17)37)19-13-34-23(36-27(40)32-4-2)12-18(19)26-35-22(15-46-26)28(29,30)31/h6-7,11-14,22H,3-5,8-10,15H2,1-2H3,(H,33,39)(H2,41,42,43)(H2,32,34,36,40). The van der Waals surface area contributed by atoms with Gasteiger partial charge in [0.15, 0.2) is 6.04 Å². The minimum atomic E-state index is -4.64. The van der Waals surface area contributed by atoms with Crippen LogP contribution in [-0.2, 0) is 15.6 Å². The largest absolute Gasteiger partial charge is 0.469 e. The molecule has 0 saturated heterocycles. The van der Waals surface area contributed by atoms with Crippen LogP contribution in [0, 0.1) is 0 Å². The number of anilines is 1. The Hall–Kier alpha value is -3.76. The van der Waals surface area contributed by atoms with E-state index in [1.807, 2.05) is 6.92 Å². The maximum Gasteiger partial charge on any atom is 0.469 e. The highest BCUT2D eigenvalue weighted by Crippen LogP contribution is 2.37. The van der Waals surface area contributed by atoms with Gasteiger partial charge in [0.1, 0.15) is 11.4 Å². The summed E-state index contributed by atoms with van der Waals surface area (Å²) >= 11 is 0.938. The van der Waals surface area contributed by atoms with Crippen LogP contribution in [0.5, 0.6) is 0 Å². The predicted molar refractivity (Wildman–Crippen MR) is 168 cm³/mol. The zero-order valence-electron chi connectivity index (χ0n) is 24.8. The molecule has 0 saturated carbocycles. The van der Waals surface area contributed by atoms with E-state index in [0.29, 0.717) is 41.7 Å². The maximum absolute atomic E-state index is 13.5. The molecule has 0 aliphatic carbocycles. The highest BCUT2D eigenvalue weighted by atomic mass is 32.2. The number of carbonyl (C=O) groups is 2. The Kier molecular flexibility index (Phi) is 11.3. The molecule has 248 valence electrons. The van der Waals surface area contributed by atoms with Gasteiger partial charge in [0, 0.05) is 54.3 Å². The molecule has 3 heterocycles. The van der Waals surface area contributed by atoms with E-state index in [9.17, 15) is 32.1 Å². The number of fused-ring (bicyclic) bond motifs is 1. The Balaban J connectivity index is 1.73. The molecule has 1 atom stereocenters. The summed E-state index contributed by atoms with van der Waals surface area (Å²) in [5, 5.41) is 8.03. The molecule has 0 bridgehead atoms. The third-order valence-electron chi connectivity index (χ3n) is 6.71. The summed E-state index contributed by atoms with van der Waals surface area (Å²) in [7, 11) is -4.64. The zero-order chi connectivity index (χ0) is 33.6. The lowest BCUT2D eigenvalue weighted by molar-refractivity contribution is -0.141. The number of carbonyl (C=O) groups excluding carboxylic acids is 2. The van der Waals surface area contributed by atoms with Crippen LogP contribution in [0.3, 0.4) is 0 Å². The van der Waals surface area contributed by atoms with Crippen molar-refractivity contribution in [2.75, 3.05) is 30.8 Å². The van der Waals surface area contributed by atoms with E-state index in [2.05, 4.69) is 30.5 Å². The van der Waals surface area contributed by atoms with Crippen LogP contribution >= 0.6 is 19.6 Å². The molecule has 1 aromatic carbocycles. The van der Waals surface area contributed by atoms with E-state index in [1.54, 1.807) is 23.6 Å². The number of nitrogens with one attached hydrogen (secondary N) is 3. The molecule has 1 aliphatic rings. The van der Waals surface area contributed by atoms with Crippen LogP contribution in [0.2, 0.25) is 0 Å². The van der Waals surface area contributed by atoms with E-state index < -0.39 is 37.4 Å². The van der Waals surface area contributed by atoms with Gasteiger partial charge in [-0.2, -0.15) is 13.2 Å². The molecule has 0 radical (unpaired) electrons. The molecular formula is C28H32F3N6O7PS. The first-order valence-corrected chi connectivity index (χ1v) is 16.7. The third-order valence-corrected chi connectivity index (χ3v) is 8.31. The number of alkyl halides is 3. The number of thioether (sulfide) groups is 1. The Morgan fingerprint density at radius 3 is 2.59 bits per heavy atom. The van der Waals surface area contributed by atoms with E-state index in [1.165, 1.54) is 24.5 Å². The van der Waals surface area contributed by atoms with Crippen molar-refractivity contribution in [2.24, 2.45) is 4.99 Å². The predicted octanol–water partition coefficient (Wildman–Crippen LogP) is 4.27.